The van der Waals surface area contributed by atoms with Crippen LogP contribution in [0.15, 0.2) is 11.4 Å². The van der Waals surface area contributed by atoms with E-state index in [1.54, 1.807) is 4.90 Å². The molecule has 6 heteroatoms. The highest BCUT2D eigenvalue weighted by atomic mass is 32.1. The van der Waals surface area contributed by atoms with E-state index in [4.69, 9.17) is 9.47 Å². The summed E-state index contributed by atoms with van der Waals surface area (Å²) >= 11 is 1.30. The number of rotatable bonds is 7. The first kappa shape index (κ1) is 18.9. The van der Waals surface area contributed by atoms with E-state index in [9.17, 15) is 9.59 Å². The Kier molecular flexibility index (Phi) is 7.24. The van der Waals surface area contributed by atoms with Crippen LogP contribution in [0.25, 0.3) is 0 Å². The normalized spacial score (nSPS) is 20.6. The Labute approximate surface area is 147 Å². The summed E-state index contributed by atoms with van der Waals surface area (Å²) in [5.41, 5.74) is 0.648. The molecule has 0 spiro atoms. The molecule has 1 aliphatic rings. The molecule has 134 valence electrons. The third kappa shape index (κ3) is 4.57. The van der Waals surface area contributed by atoms with E-state index in [0.717, 1.165) is 25.7 Å². The lowest BCUT2D eigenvalue weighted by Gasteiger charge is -2.31. The first-order chi connectivity index (χ1) is 11.6. The van der Waals surface area contributed by atoms with Crippen molar-refractivity contribution >= 4 is 28.9 Å². The zero-order chi connectivity index (χ0) is 17.5. The average molecular weight is 353 g/mol. The number of carbonyl (C=O) groups excluding carboxylic acids is 2. The summed E-state index contributed by atoms with van der Waals surface area (Å²) in [7, 11) is 1.36. The highest BCUT2D eigenvalue weighted by Gasteiger charge is 2.31. The maximum Gasteiger partial charge on any atom is 0.350 e. The third-order valence-corrected chi connectivity index (χ3v) is 5.48. The predicted octanol–water partition coefficient (Wildman–Crippen LogP) is 3.73. The first-order valence-corrected chi connectivity index (χ1v) is 9.51. The fourth-order valence-electron chi connectivity index (χ4n) is 3.14. The van der Waals surface area contributed by atoms with Gasteiger partial charge in [-0.2, -0.15) is 0 Å². The van der Waals surface area contributed by atoms with Crippen molar-refractivity contribution in [2.24, 2.45) is 11.8 Å². The number of nitrogens with zero attached hydrogens (tertiary/aromatic N) is 1. The molecule has 1 aromatic heterocycles. The third-order valence-electron chi connectivity index (χ3n) is 4.60. The molecular formula is C18H27NO4S. The largest absolute Gasteiger partial charge is 0.465 e. The summed E-state index contributed by atoms with van der Waals surface area (Å²) in [5.74, 6) is 0.433. The van der Waals surface area contributed by atoms with Gasteiger partial charge >= 0.3 is 5.97 Å². The number of thiophene rings is 1. The average Bonchev–Trinajstić information content (AvgIpc) is 3.07. The smallest absolute Gasteiger partial charge is 0.350 e. The minimum atomic E-state index is -0.397. The highest BCUT2D eigenvalue weighted by Crippen LogP contribution is 2.33. The molecule has 0 radical (unpaired) electrons. The molecule has 0 aromatic carbocycles. The lowest BCUT2D eigenvalue weighted by atomic mass is 9.82. The zero-order valence-corrected chi connectivity index (χ0v) is 15.6. The SMILES string of the molecule is CCOCCN(c1ccsc1C(=O)OC)C(=O)[C@H]1CC[C@H](C)CC1. The van der Waals surface area contributed by atoms with Crippen LogP contribution < -0.4 is 4.90 Å². The quantitative estimate of drug-likeness (QED) is 0.554. The fourth-order valence-corrected chi connectivity index (χ4v) is 3.95. The van der Waals surface area contributed by atoms with Crippen LogP contribution in [0.1, 0.15) is 49.2 Å². The van der Waals surface area contributed by atoms with Crippen LogP contribution in [0.3, 0.4) is 0 Å². The van der Waals surface area contributed by atoms with Gasteiger partial charge in [0.2, 0.25) is 5.91 Å². The van der Waals surface area contributed by atoms with Crippen LogP contribution >= 0.6 is 11.3 Å². The van der Waals surface area contributed by atoms with Gasteiger partial charge in [-0.05, 0) is 50.0 Å². The summed E-state index contributed by atoms with van der Waals surface area (Å²) in [5, 5.41) is 1.82. The number of amides is 1. The summed E-state index contributed by atoms with van der Waals surface area (Å²) in [4.78, 5) is 27.3. The summed E-state index contributed by atoms with van der Waals surface area (Å²) in [6.07, 6.45) is 4.01. The number of carbonyl (C=O) groups is 2. The Morgan fingerprint density at radius 2 is 2.00 bits per heavy atom. The van der Waals surface area contributed by atoms with Crippen LogP contribution in [0.4, 0.5) is 5.69 Å². The molecule has 5 nitrogen and oxygen atoms in total. The lowest BCUT2D eigenvalue weighted by molar-refractivity contribution is -0.123. The van der Waals surface area contributed by atoms with Crippen molar-refractivity contribution in [3.05, 3.63) is 16.3 Å². The van der Waals surface area contributed by atoms with Crippen molar-refractivity contribution in [3.63, 3.8) is 0 Å². The van der Waals surface area contributed by atoms with Gasteiger partial charge in [-0.25, -0.2) is 4.79 Å². The van der Waals surface area contributed by atoms with Gasteiger partial charge in [-0.1, -0.05) is 6.92 Å². The molecule has 1 aromatic rings. The number of hydrogen-bond acceptors (Lipinski definition) is 5. The molecule has 1 aliphatic carbocycles. The van der Waals surface area contributed by atoms with Crippen LogP contribution in [0, 0.1) is 11.8 Å². The van der Waals surface area contributed by atoms with Gasteiger partial charge in [-0.15, -0.1) is 11.3 Å². The van der Waals surface area contributed by atoms with Crippen molar-refractivity contribution in [2.75, 3.05) is 31.8 Å². The van der Waals surface area contributed by atoms with E-state index in [1.807, 2.05) is 18.4 Å². The highest BCUT2D eigenvalue weighted by molar-refractivity contribution is 7.12. The Balaban J connectivity index is 2.19. The van der Waals surface area contributed by atoms with Crippen molar-refractivity contribution in [1.82, 2.24) is 0 Å². The number of anilines is 1. The minimum Gasteiger partial charge on any atom is -0.465 e. The molecule has 1 saturated carbocycles. The Bertz CT molecular complexity index is 549. The maximum atomic E-state index is 13.1. The van der Waals surface area contributed by atoms with Crippen molar-refractivity contribution in [3.8, 4) is 0 Å². The van der Waals surface area contributed by atoms with Gasteiger partial charge in [0.05, 0.1) is 19.4 Å². The standard InChI is InChI=1S/C18H27NO4S/c1-4-23-11-10-19(15-9-12-24-16(15)18(21)22-3)17(20)14-7-5-13(2)6-8-14/h9,12-14H,4-8,10-11H2,1-3H3/t13-,14-. The summed E-state index contributed by atoms with van der Waals surface area (Å²) in [6.45, 7) is 5.69. The number of esters is 1. The van der Waals surface area contributed by atoms with Crippen molar-refractivity contribution in [2.45, 2.75) is 39.5 Å². The molecule has 1 amide bonds. The second-order valence-electron chi connectivity index (χ2n) is 6.27. The van der Waals surface area contributed by atoms with Crippen LogP contribution in [0.2, 0.25) is 0 Å². The predicted molar refractivity (Wildman–Crippen MR) is 95.6 cm³/mol. The van der Waals surface area contributed by atoms with E-state index < -0.39 is 5.97 Å². The van der Waals surface area contributed by atoms with Gasteiger partial charge in [0, 0.05) is 19.1 Å². The van der Waals surface area contributed by atoms with Gasteiger partial charge in [-0.3, -0.25) is 4.79 Å². The van der Waals surface area contributed by atoms with E-state index >= 15 is 0 Å². The second-order valence-corrected chi connectivity index (χ2v) is 7.19. The summed E-state index contributed by atoms with van der Waals surface area (Å²) < 4.78 is 10.3. The van der Waals surface area contributed by atoms with Gasteiger partial charge < -0.3 is 14.4 Å². The molecule has 0 bridgehead atoms. The van der Waals surface area contributed by atoms with Crippen molar-refractivity contribution < 1.29 is 19.1 Å². The molecule has 1 fully saturated rings. The second kappa shape index (κ2) is 9.18. The van der Waals surface area contributed by atoms with Gasteiger partial charge in [0.25, 0.3) is 0 Å². The Morgan fingerprint density at radius 1 is 1.29 bits per heavy atom. The van der Waals surface area contributed by atoms with E-state index in [1.165, 1.54) is 18.4 Å². The Morgan fingerprint density at radius 3 is 2.62 bits per heavy atom. The molecule has 1 heterocycles. The monoisotopic (exact) mass is 353 g/mol. The Hall–Kier alpha value is -1.40. The van der Waals surface area contributed by atoms with E-state index in [-0.39, 0.29) is 11.8 Å². The first-order valence-electron chi connectivity index (χ1n) is 8.63. The van der Waals surface area contributed by atoms with Gasteiger partial charge in [0.15, 0.2) is 0 Å². The molecule has 0 unspecified atom stereocenters. The van der Waals surface area contributed by atoms with Crippen LogP contribution in [-0.4, -0.2) is 38.7 Å². The van der Waals surface area contributed by atoms with Crippen LogP contribution in [-0.2, 0) is 14.3 Å². The van der Waals surface area contributed by atoms with Crippen LogP contribution in [0.5, 0.6) is 0 Å². The zero-order valence-electron chi connectivity index (χ0n) is 14.7. The molecule has 0 atom stereocenters. The lowest BCUT2D eigenvalue weighted by Crippen LogP contribution is -2.40. The molecule has 0 saturated heterocycles. The topological polar surface area (TPSA) is 55.8 Å². The summed E-state index contributed by atoms with van der Waals surface area (Å²) in [6, 6.07) is 1.83. The molecule has 0 aliphatic heterocycles. The van der Waals surface area contributed by atoms with E-state index in [2.05, 4.69) is 6.92 Å². The van der Waals surface area contributed by atoms with Crippen molar-refractivity contribution in [1.29, 1.82) is 0 Å². The molecule has 0 N–H and O–H groups in total. The number of hydrogen-bond donors (Lipinski definition) is 0. The number of ether oxygens (including phenoxy) is 2. The van der Waals surface area contributed by atoms with E-state index in [0.29, 0.717) is 36.2 Å². The minimum absolute atomic E-state index is 0.0354. The molecule has 24 heavy (non-hydrogen) atoms. The van der Waals surface area contributed by atoms with Gasteiger partial charge in [0.1, 0.15) is 4.88 Å². The molecular weight excluding hydrogens is 326 g/mol. The maximum absolute atomic E-state index is 13.1. The fraction of sp³-hybridized carbons (Fsp3) is 0.667. The molecule has 2 rings (SSSR count). The number of methoxy groups -OCH3 is 1.